The van der Waals surface area contributed by atoms with Crippen molar-refractivity contribution in [3.63, 3.8) is 0 Å². The van der Waals surface area contributed by atoms with Crippen LogP contribution in [-0.2, 0) is 12.8 Å². The van der Waals surface area contributed by atoms with Gasteiger partial charge in [-0.2, -0.15) is 0 Å². The van der Waals surface area contributed by atoms with Gasteiger partial charge in [-0.15, -0.1) is 11.3 Å². The molecule has 2 rings (SSSR count). The summed E-state index contributed by atoms with van der Waals surface area (Å²) in [5.41, 5.74) is 0. The summed E-state index contributed by atoms with van der Waals surface area (Å²) in [7, 11) is 0. The monoisotopic (exact) mass is 263 g/mol. The predicted molar refractivity (Wildman–Crippen MR) is 77.1 cm³/mol. The van der Waals surface area contributed by atoms with E-state index in [9.17, 15) is 0 Å². The van der Waals surface area contributed by atoms with Gasteiger partial charge in [0.15, 0.2) is 0 Å². The van der Waals surface area contributed by atoms with E-state index in [2.05, 4.69) is 37.4 Å². The maximum absolute atomic E-state index is 5.54. The molecule has 3 heteroatoms. The van der Waals surface area contributed by atoms with E-state index in [4.69, 9.17) is 4.42 Å². The summed E-state index contributed by atoms with van der Waals surface area (Å²) >= 11 is 1.91. The zero-order chi connectivity index (χ0) is 12.8. The van der Waals surface area contributed by atoms with Crippen LogP contribution in [-0.4, -0.2) is 6.54 Å². The Bertz CT molecular complexity index is 447. The van der Waals surface area contributed by atoms with E-state index >= 15 is 0 Å². The molecule has 1 N–H and O–H groups in total. The minimum atomic E-state index is 0.295. The highest BCUT2D eigenvalue weighted by Gasteiger charge is 2.15. The first-order chi connectivity index (χ1) is 8.83. The molecular weight excluding hydrogens is 242 g/mol. The van der Waals surface area contributed by atoms with Crippen molar-refractivity contribution in [3.05, 3.63) is 46.0 Å². The molecule has 98 valence electrons. The average molecular weight is 263 g/mol. The maximum atomic E-state index is 5.54. The van der Waals surface area contributed by atoms with Gasteiger partial charge in [-0.1, -0.05) is 13.8 Å². The number of hydrogen-bond donors (Lipinski definition) is 1. The molecule has 0 aliphatic rings. The number of nitrogens with one attached hydrogen (secondary N) is 1. The first kappa shape index (κ1) is 13.4. The number of furan rings is 1. The van der Waals surface area contributed by atoms with Crippen molar-refractivity contribution in [2.45, 2.75) is 39.2 Å². The van der Waals surface area contributed by atoms with Gasteiger partial charge in [0, 0.05) is 16.2 Å². The molecule has 2 aromatic heterocycles. The smallest absolute Gasteiger partial charge is 0.121 e. The van der Waals surface area contributed by atoms with Crippen LogP contribution in [0.3, 0.4) is 0 Å². The van der Waals surface area contributed by atoms with E-state index in [0.29, 0.717) is 6.04 Å². The van der Waals surface area contributed by atoms with Gasteiger partial charge in [0.2, 0.25) is 0 Å². The Balaban J connectivity index is 2.04. The van der Waals surface area contributed by atoms with Gasteiger partial charge in [-0.25, -0.2) is 0 Å². The van der Waals surface area contributed by atoms with Crippen LogP contribution in [0.4, 0.5) is 0 Å². The van der Waals surface area contributed by atoms with E-state index in [0.717, 1.165) is 31.6 Å². The summed E-state index contributed by atoms with van der Waals surface area (Å²) in [5.74, 6) is 1.04. The summed E-state index contributed by atoms with van der Waals surface area (Å²) in [4.78, 5) is 2.88. The molecule has 2 heterocycles. The van der Waals surface area contributed by atoms with Gasteiger partial charge in [0.1, 0.15) is 5.76 Å². The van der Waals surface area contributed by atoms with Crippen LogP contribution in [0.5, 0.6) is 0 Å². The zero-order valence-electron chi connectivity index (χ0n) is 11.1. The molecule has 2 aromatic rings. The van der Waals surface area contributed by atoms with Gasteiger partial charge in [-0.3, -0.25) is 0 Å². The Morgan fingerprint density at radius 1 is 1.22 bits per heavy atom. The topological polar surface area (TPSA) is 25.2 Å². The molecule has 0 aromatic carbocycles. The number of thiophene rings is 1. The van der Waals surface area contributed by atoms with Crippen LogP contribution in [0.1, 0.15) is 41.8 Å². The van der Waals surface area contributed by atoms with Gasteiger partial charge in [-0.05, 0) is 43.7 Å². The molecule has 0 amide bonds. The van der Waals surface area contributed by atoms with E-state index in [1.165, 1.54) is 9.75 Å². The molecule has 0 aliphatic carbocycles. The predicted octanol–water partition coefficient (Wildman–Crippen LogP) is 4.19. The molecule has 0 radical (unpaired) electrons. The van der Waals surface area contributed by atoms with Gasteiger partial charge in [0.25, 0.3) is 0 Å². The Kier molecular flexibility index (Phi) is 5.02. The van der Waals surface area contributed by atoms with Crippen molar-refractivity contribution in [1.82, 2.24) is 5.32 Å². The third-order valence-electron chi connectivity index (χ3n) is 3.00. The van der Waals surface area contributed by atoms with Crippen LogP contribution >= 0.6 is 11.3 Å². The number of rotatable bonds is 7. The lowest BCUT2D eigenvalue weighted by atomic mass is 10.1. The first-order valence-electron chi connectivity index (χ1n) is 6.67. The fraction of sp³-hybridized carbons (Fsp3) is 0.467. The second-order valence-corrected chi connectivity index (χ2v) is 5.70. The Morgan fingerprint density at radius 3 is 2.67 bits per heavy atom. The molecule has 1 atom stereocenters. The second kappa shape index (κ2) is 6.76. The third-order valence-corrected chi connectivity index (χ3v) is 4.25. The molecule has 0 saturated heterocycles. The van der Waals surface area contributed by atoms with E-state index in [1.807, 2.05) is 17.4 Å². The zero-order valence-corrected chi connectivity index (χ0v) is 11.9. The van der Waals surface area contributed by atoms with Crippen molar-refractivity contribution in [1.29, 1.82) is 0 Å². The molecule has 2 nitrogen and oxygen atoms in total. The molecular formula is C15H21NOS. The summed E-state index contributed by atoms with van der Waals surface area (Å²) in [6, 6.07) is 8.79. The third kappa shape index (κ3) is 3.47. The lowest BCUT2D eigenvalue weighted by Crippen LogP contribution is -2.23. The van der Waals surface area contributed by atoms with Crippen molar-refractivity contribution >= 4 is 11.3 Å². The minimum Gasteiger partial charge on any atom is -0.468 e. The highest BCUT2D eigenvalue weighted by Crippen LogP contribution is 2.24. The summed E-state index contributed by atoms with van der Waals surface area (Å²) < 4.78 is 5.54. The summed E-state index contributed by atoms with van der Waals surface area (Å²) in [6.45, 7) is 5.42. The largest absolute Gasteiger partial charge is 0.468 e. The van der Waals surface area contributed by atoms with E-state index < -0.39 is 0 Å². The highest BCUT2D eigenvalue weighted by molar-refractivity contribution is 7.11. The Labute approximate surface area is 113 Å². The summed E-state index contributed by atoms with van der Waals surface area (Å²) in [5, 5.41) is 3.56. The number of hydrogen-bond acceptors (Lipinski definition) is 3. The van der Waals surface area contributed by atoms with Crippen molar-refractivity contribution < 1.29 is 4.42 Å². The van der Waals surface area contributed by atoms with Crippen LogP contribution in [0, 0.1) is 0 Å². The minimum absolute atomic E-state index is 0.295. The first-order valence-corrected chi connectivity index (χ1v) is 7.49. The van der Waals surface area contributed by atoms with Crippen LogP contribution in [0.25, 0.3) is 0 Å². The average Bonchev–Trinajstić information content (AvgIpc) is 3.05. The van der Waals surface area contributed by atoms with Crippen LogP contribution in [0.2, 0.25) is 0 Å². The Morgan fingerprint density at radius 2 is 2.06 bits per heavy atom. The van der Waals surface area contributed by atoms with Gasteiger partial charge < -0.3 is 9.73 Å². The molecule has 0 fully saturated rings. The SMILES string of the molecule is CCCNC(Cc1ccc(CC)s1)c1ccco1. The molecule has 18 heavy (non-hydrogen) atoms. The molecule has 0 saturated carbocycles. The van der Waals surface area contributed by atoms with Crippen molar-refractivity contribution in [2.75, 3.05) is 6.54 Å². The fourth-order valence-corrected chi connectivity index (χ4v) is 3.01. The molecule has 0 spiro atoms. The standard InChI is InChI=1S/C15H21NOS/c1-3-9-16-14(15-6-5-10-17-15)11-13-8-7-12(4-2)18-13/h5-8,10,14,16H,3-4,9,11H2,1-2H3. The van der Waals surface area contributed by atoms with Crippen LogP contribution in [0.15, 0.2) is 34.9 Å². The molecule has 0 aliphatic heterocycles. The lowest BCUT2D eigenvalue weighted by molar-refractivity contribution is 0.412. The van der Waals surface area contributed by atoms with E-state index in [1.54, 1.807) is 6.26 Å². The Hall–Kier alpha value is -1.06. The van der Waals surface area contributed by atoms with Gasteiger partial charge in [0.05, 0.1) is 12.3 Å². The van der Waals surface area contributed by atoms with Crippen LogP contribution < -0.4 is 5.32 Å². The number of aryl methyl sites for hydroxylation is 1. The molecule has 0 bridgehead atoms. The lowest BCUT2D eigenvalue weighted by Gasteiger charge is -2.15. The maximum Gasteiger partial charge on any atom is 0.121 e. The fourth-order valence-electron chi connectivity index (χ4n) is 2.00. The highest BCUT2D eigenvalue weighted by atomic mass is 32.1. The summed E-state index contributed by atoms with van der Waals surface area (Å²) in [6.07, 6.45) is 5.03. The van der Waals surface area contributed by atoms with Crippen molar-refractivity contribution in [2.24, 2.45) is 0 Å². The normalized spacial score (nSPS) is 12.8. The molecule has 1 unspecified atom stereocenters. The van der Waals surface area contributed by atoms with E-state index in [-0.39, 0.29) is 0 Å². The quantitative estimate of drug-likeness (QED) is 0.810. The second-order valence-electron chi connectivity index (χ2n) is 4.45. The van der Waals surface area contributed by atoms with Gasteiger partial charge >= 0.3 is 0 Å². The van der Waals surface area contributed by atoms with Crippen molar-refractivity contribution in [3.8, 4) is 0 Å².